The zero-order valence-corrected chi connectivity index (χ0v) is 7.92. The lowest BCUT2D eigenvalue weighted by atomic mass is 10.1. The van der Waals surface area contributed by atoms with E-state index in [1.54, 1.807) is 0 Å². The number of aryl methyl sites for hydroxylation is 2. The van der Waals surface area contributed by atoms with E-state index < -0.39 is 0 Å². The fourth-order valence-corrected chi connectivity index (χ4v) is 1.30. The van der Waals surface area contributed by atoms with E-state index >= 15 is 0 Å². The van der Waals surface area contributed by atoms with Crippen LogP contribution in [0.4, 0.5) is 0 Å². The minimum absolute atomic E-state index is 0.912. The molecule has 0 saturated heterocycles. The Balaban J connectivity index is 3.03. The van der Waals surface area contributed by atoms with E-state index in [0.717, 1.165) is 28.4 Å². The topological polar surface area (TPSA) is 13.1 Å². The van der Waals surface area contributed by atoms with Gasteiger partial charge in [-0.05, 0) is 26.3 Å². The first-order valence-corrected chi connectivity index (χ1v) is 4.16. The maximum absolute atomic E-state index is 5.35. The zero-order chi connectivity index (χ0) is 8.43. The van der Waals surface area contributed by atoms with Crippen molar-refractivity contribution in [3.05, 3.63) is 23.2 Å². The Labute approximate surface area is 72.4 Å². The second-order valence-corrected chi connectivity index (χ2v) is 3.10. The molecule has 0 bridgehead atoms. The highest BCUT2D eigenvalue weighted by Gasteiger charge is 2.06. The summed E-state index contributed by atoms with van der Waals surface area (Å²) >= 11 is 5.16. The molecule has 1 aromatic rings. The summed E-state index contributed by atoms with van der Waals surface area (Å²) in [5.41, 5.74) is 1.10. The van der Waals surface area contributed by atoms with Crippen LogP contribution in [0, 0.1) is 13.8 Å². The Kier molecular flexibility index (Phi) is 2.45. The molecular formula is C9H12OS. The SMILES string of the molecule is CCC(=S)c1cc(C)oc1C. The standard InChI is InChI=1S/C9H12OS/c1-4-9(11)8-5-6(2)10-7(8)3/h5H,4H2,1-3H3. The van der Waals surface area contributed by atoms with Crippen LogP contribution < -0.4 is 0 Å². The minimum atomic E-state index is 0.912. The zero-order valence-electron chi connectivity index (χ0n) is 7.10. The van der Waals surface area contributed by atoms with Gasteiger partial charge in [-0.25, -0.2) is 0 Å². The smallest absolute Gasteiger partial charge is 0.109 e. The van der Waals surface area contributed by atoms with E-state index in [4.69, 9.17) is 16.6 Å². The Bertz CT molecular complexity index is 273. The molecule has 60 valence electrons. The first kappa shape index (κ1) is 8.47. The summed E-state index contributed by atoms with van der Waals surface area (Å²) in [6.45, 7) is 5.95. The van der Waals surface area contributed by atoms with Crippen LogP contribution in [0.2, 0.25) is 0 Å². The van der Waals surface area contributed by atoms with Crippen LogP contribution in [0.25, 0.3) is 0 Å². The molecule has 1 aromatic heterocycles. The van der Waals surface area contributed by atoms with Gasteiger partial charge in [-0.15, -0.1) is 0 Å². The van der Waals surface area contributed by atoms with Crippen molar-refractivity contribution in [1.29, 1.82) is 0 Å². The Hall–Kier alpha value is -0.630. The predicted octanol–water partition coefficient (Wildman–Crippen LogP) is 3.02. The Morgan fingerprint density at radius 2 is 2.18 bits per heavy atom. The van der Waals surface area contributed by atoms with Gasteiger partial charge in [0.2, 0.25) is 0 Å². The third kappa shape index (κ3) is 1.69. The maximum Gasteiger partial charge on any atom is 0.109 e. The molecule has 0 aliphatic heterocycles. The van der Waals surface area contributed by atoms with Crippen molar-refractivity contribution >= 4 is 17.1 Å². The highest BCUT2D eigenvalue weighted by atomic mass is 32.1. The normalized spacial score (nSPS) is 10.1. The summed E-state index contributed by atoms with van der Waals surface area (Å²) in [4.78, 5) is 0.986. The molecule has 1 nitrogen and oxygen atoms in total. The van der Waals surface area contributed by atoms with Crippen molar-refractivity contribution in [2.45, 2.75) is 27.2 Å². The molecule has 0 atom stereocenters. The molecule has 0 radical (unpaired) electrons. The number of furan rings is 1. The van der Waals surface area contributed by atoms with Gasteiger partial charge in [0.25, 0.3) is 0 Å². The molecular weight excluding hydrogens is 156 g/mol. The van der Waals surface area contributed by atoms with E-state index in [9.17, 15) is 0 Å². The largest absolute Gasteiger partial charge is 0.466 e. The third-order valence-electron chi connectivity index (χ3n) is 1.66. The van der Waals surface area contributed by atoms with E-state index in [1.807, 2.05) is 19.9 Å². The van der Waals surface area contributed by atoms with E-state index in [-0.39, 0.29) is 0 Å². The summed E-state index contributed by atoms with van der Waals surface area (Å²) in [5, 5.41) is 0. The summed E-state index contributed by atoms with van der Waals surface area (Å²) in [6.07, 6.45) is 0.912. The van der Waals surface area contributed by atoms with Crippen molar-refractivity contribution in [3.63, 3.8) is 0 Å². The number of rotatable bonds is 2. The molecule has 0 N–H and O–H groups in total. The van der Waals surface area contributed by atoms with Gasteiger partial charge in [0, 0.05) is 10.4 Å². The summed E-state index contributed by atoms with van der Waals surface area (Å²) in [5.74, 6) is 1.88. The lowest BCUT2D eigenvalue weighted by molar-refractivity contribution is 0.504. The van der Waals surface area contributed by atoms with Gasteiger partial charge < -0.3 is 4.42 Å². The summed E-state index contributed by atoms with van der Waals surface area (Å²) in [6, 6.07) is 2.00. The second-order valence-electron chi connectivity index (χ2n) is 2.60. The van der Waals surface area contributed by atoms with Crippen molar-refractivity contribution in [3.8, 4) is 0 Å². The van der Waals surface area contributed by atoms with Crippen molar-refractivity contribution in [2.24, 2.45) is 0 Å². The van der Waals surface area contributed by atoms with Crippen molar-refractivity contribution < 1.29 is 4.42 Å². The van der Waals surface area contributed by atoms with E-state index in [1.165, 1.54) is 0 Å². The molecule has 0 fully saturated rings. The molecule has 0 aromatic carbocycles. The molecule has 1 rings (SSSR count). The molecule has 0 saturated carbocycles. The number of thiocarbonyl (C=S) groups is 1. The molecule has 0 spiro atoms. The predicted molar refractivity (Wildman–Crippen MR) is 50.2 cm³/mol. The first-order valence-electron chi connectivity index (χ1n) is 3.75. The average molecular weight is 168 g/mol. The lowest BCUT2D eigenvalue weighted by Gasteiger charge is -1.94. The molecule has 0 aliphatic carbocycles. The van der Waals surface area contributed by atoms with Crippen LogP contribution >= 0.6 is 12.2 Å². The third-order valence-corrected chi connectivity index (χ3v) is 2.17. The van der Waals surface area contributed by atoms with Crippen LogP contribution in [-0.2, 0) is 0 Å². The molecule has 1 heterocycles. The number of hydrogen-bond donors (Lipinski definition) is 0. The minimum Gasteiger partial charge on any atom is -0.466 e. The lowest BCUT2D eigenvalue weighted by Crippen LogP contribution is -1.93. The number of hydrogen-bond acceptors (Lipinski definition) is 2. The molecule has 2 heteroatoms. The van der Waals surface area contributed by atoms with Crippen LogP contribution in [0.5, 0.6) is 0 Å². The van der Waals surface area contributed by atoms with Crippen LogP contribution in [0.3, 0.4) is 0 Å². The van der Waals surface area contributed by atoms with Gasteiger partial charge in [-0.2, -0.15) is 0 Å². The van der Waals surface area contributed by atoms with Gasteiger partial charge in [-0.3, -0.25) is 0 Å². The fraction of sp³-hybridized carbons (Fsp3) is 0.444. The van der Waals surface area contributed by atoms with Crippen LogP contribution in [0.15, 0.2) is 10.5 Å². The van der Waals surface area contributed by atoms with Gasteiger partial charge >= 0.3 is 0 Å². The van der Waals surface area contributed by atoms with Crippen molar-refractivity contribution in [2.75, 3.05) is 0 Å². The first-order chi connectivity index (χ1) is 5.15. The monoisotopic (exact) mass is 168 g/mol. The summed E-state index contributed by atoms with van der Waals surface area (Å²) in [7, 11) is 0. The van der Waals surface area contributed by atoms with Crippen LogP contribution in [-0.4, -0.2) is 4.86 Å². The molecule has 0 aliphatic rings. The van der Waals surface area contributed by atoms with Gasteiger partial charge in [0.05, 0.1) is 0 Å². The molecule has 0 unspecified atom stereocenters. The Morgan fingerprint density at radius 3 is 2.55 bits per heavy atom. The van der Waals surface area contributed by atoms with E-state index in [2.05, 4.69) is 6.92 Å². The maximum atomic E-state index is 5.35. The van der Waals surface area contributed by atoms with Crippen LogP contribution in [0.1, 0.15) is 30.4 Å². The molecule has 11 heavy (non-hydrogen) atoms. The summed E-state index contributed by atoms with van der Waals surface area (Å²) < 4.78 is 5.35. The molecule has 0 amide bonds. The van der Waals surface area contributed by atoms with E-state index in [0.29, 0.717) is 0 Å². The van der Waals surface area contributed by atoms with Gasteiger partial charge in [-0.1, -0.05) is 19.1 Å². The highest BCUT2D eigenvalue weighted by molar-refractivity contribution is 7.80. The Morgan fingerprint density at radius 1 is 1.55 bits per heavy atom. The quantitative estimate of drug-likeness (QED) is 0.497. The fourth-order valence-electron chi connectivity index (χ4n) is 1.10. The van der Waals surface area contributed by atoms with Gasteiger partial charge in [0.1, 0.15) is 11.5 Å². The van der Waals surface area contributed by atoms with Crippen molar-refractivity contribution in [1.82, 2.24) is 0 Å². The van der Waals surface area contributed by atoms with Gasteiger partial charge in [0.15, 0.2) is 0 Å². The highest BCUT2D eigenvalue weighted by Crippen LogP contribution is 2.15. The second kappa shape index (κ2) is 3.18. The average Bonchev–Trinajstić information content (AvgIpc) is 2.28.